The van der Waals surface area contributed by atoms with Gasteiger partial charge >= 0.3 is 7.12 Å². The minimum atomic E-state index is -0.616. The van der Waals surface area contributed by atoms with Gasteiger partial charge in [-0.2, -0.15) is 0 Å². The summed E-state index contributed by atoms with van der Waals surface area (Å²) in [5.41, 5.74) is 0.267. The number of carbonyl (C=O) groups excluding carboxylic acids is 1. The molecule has 2 rings (SSSR count). The maximum atomic E-state index is 13.4. The van der Waals surface area contributed by atoms with Gasteiger partial charge in [0.2, 0.25) is 0 Å². The molecule has 0 atom stereocenters. The van der Waals surface area contributed by atoms with Crippen LogP contribution in [-0.2, 0) is 9.31 Å². The lowest BCUT2D eigenvalue weighted by molar-refractivity contribution is 0.00578. The molecule has 0 aliphatic carbocycles. The molecule has 0 radical (unpaired) electrons. The molecule has 6 heteroatoms. The Bertz CT molecular complexity index is 646. The number of amides is 1. The topological polar surface area (TPSA) is 48.0 Å². The summed E-state index contributed by atoms with van der Waals surface area (Å²) in [6.45, 7) is 16.1. The summed E-state index contributed by atoms with van der Waals surface area (Å²) in [5, 5.41) is 0. The number of benzene rings is 1. The van der Waals surface area contributed by atoms with E-state index < -0.39 is 18.3 Å². The Morgan fingerprint density at radius 1 is 1.04 bits per heavy atom. The van der Waals surface area contributed by atoms with E-state index in [-0.39, 0.29) is 18.0 Å². The molecule has 1 aromatic rings. The zero-order valence-corrected chi connectivity index (χ0v) is 17.5. The fraction of sp³-hybridized carbons (Fsp3) is 0.650. The van der Waals surface area contributed by atoms with Crippen LogP contribution in [0.1, 0.15) is 65.7 Å². The molecule has 0 unspecified atom stereocenters. The summed E-state index contributed by atoms with van der Waals surface area (Å²) in [6.07, 6.45) is 0. The average molecular weight is 361 g/mol. The highest BCUT2D eigenvalue weighted by Crippen LogP contribution is 2.37. The number of hydrogen-bond donors (Lipinski definition) is 0. The van der Waals surface area contributed by atoms with Crippen molar-refractivity contribution < 1.29 is 18.8 Å². The van der Waals surface area contributed by atoms with E-state index in [0.717, 1.165) is 0 Å². The standard InChI is InChI=1S/C20H32BNO4/c1-13(2)22(14(3)4)18(23)17-15(11-10-12-16(17)24-9)21-25-19(5,6)20(7,8)26-21/h10-14H,1-9H3. The molecule has 0 aromatic heterocycles. The second kappa shape index (κ2) is 7.24. The SMILES string of the molecule is COc1cccc(B2OC(C)(C)C(C)(C)O2)c1C(=O)N(C(C)C)C(C)C. The average Bonchev–Trinajstić information content (AvgIpc) is 2.73. The Hall–Kier alpha value is -1.53. The van der Waals surface area contributed by atoms with Gasteiger partial charge in [0, 0.05) is 12.1 Å². The first-order valence-corrected chi connectivity index (χ1v) is 9.28. The number of nitrogens with zero attached hydrogens (tertiary/aromatic N) is 1. The number of rotatable bonds is 5. The molecule has 5 nitrogen and oxygen atoms in total. The molecular weight excluding hydrogens is 329 g/mol. The van der Waals surface area contributed by atoms with Gasteiger partial charge in [-0.1, -0.05) is 12.1 Å². The summed E-state index contributed by atoms with van der Waals surface area (Å²) in [4.78, 5) is 15.3. The van der Waals surface area contributed by atoms with Gasteiger partial charge < -0.3 is 18.9 Å². The van der Waals surface area contributed by atoms with Gasteiger partial charge in [-0.05, 0) is 66.9 Å². The number of methoxy groups -OCH3 is 1. The molecule has 1 aromatic carbocycles. The molecule has 0 N–H and O–H groups in total. The van der Waals surface area contributed by atoms with E-state index in [1.807, 2.05) is 72.4 Å². The Morgan fingerprint density at radius 3 is 1.96 bits per heavy atom. The van der Waals surface area contributed by atoms with Crippen molar-refractivity contribution in [2.24, 2.45) is 0 Å². The lowest BCUT2D eigenvalue weighted by atomic mass is 9.75. The molecule has 26 heavy (non-hydrogen) atoms. The molecule has 0 spiro atoms. The van der Waals surface area contributed by atoms with Crippen LogP contribution < -0.4 is 10.2 Å². The minimum Gasteiger partial charge on any atom is -0.496 e. The van der Waals surface area contributed by atoms with E-state index in [1.54, 1.807) is 13.2 Å². The summed E-state index contributed by atoms with van der Waals surface area (Å²) in [5.74, 6) is 0.464. The van der Waals surface area contributed by atoms with E-state index in [2.05, 4.69) is 0 Å². The van der Waals surface area contributed by atoms with Crippen molar-refractivity contribution in [2.45, 2.75) is 78.7 Å². The van der Waals surface area contributed by atoms with Crippen molar-refractivity contribution in [1.29, 1.82) is 0 Å². The van der Waals surface area contributed by atoms with Gasteiger partial charge in [-0.3, -0.25) is 4.79 Å². The lowest BCUT2D eigenvalue weighted by Crippen LogP contribution is -2.46. The van der Waals surface area contributed by atoms with Crippen LogP contribution in [0.25, 0.3) is 0 Å². The Kier molecular flexibility index (Phi) is 5.79. The van der Waals surface area contributed by atoms with Gasteiger partial charge in [-0.25, -0.2) is 0 Å². The van der Waals surface area contributed by atoms with Gasteiger partial charge in [0.1, 0.15) is 5.75 Å². The molecule has 144 valence electrons. The molecule has 1 amide bonds. The van der Waals surface area contributed by atoms with Crippen LogP contribution in [0.2, 0.25) is 0 Å². The van der Waals surface area contributed by atoms with Crippen LogP contribution in [0.3, 0.4) is 0 Å². The third-order valence-electron chi connectivity index (χ3n) is 5.35. The zero-order chi connectivity index (χ0) is 19.9. The number of ether oxygens (including phenoxy) is 1. The van der Waals surface area contributed by atoms with Crippen molar-refractivity contribution in [2.75, 3.05) is 7.11 Å². The van der Waals surface area contributed by atoms with Crippen LogP contribution >= 0.6 is 0 Å². The minimum absolute atomic E-state index is 0.0681. The highest BCUT2D eigenvalue weighted by Gasteiger charge is 2.53. The van der Waals surface area contributed by atoms with E-state index in [9.17, 15) is 4.79 Å². The summed E-state index contributed by atoms with van der Waals surface area (Å²) in [6, 6.07) is 5.69. The third-order valence-corrected chi connectivity index (χ3v) is 5.35. The normalized spacial score (nSPS) is 18.5. The van der Waals surface area contributed by atoms with Crippen molar-refractivity contribution in [1.82, 2.24) is 4.90 Å². The van der Waals surface area contributed by atoms with Gasteiger partial charge in [0.15, 0.2) is 0 Å². The van der Waals surface area contributed by atoms with Crippen LogP contribution in [0.5, 0.6) is 5.75 Å². The Morgan fingerprint density at radius 2 is 1.54 bits per heavy atom. The van der Waals surface area contributed by atoms with Crippen LogP contribution in [-0.4, -0.2) is 48.3 Å². The molecule has 1 aliphatic heterocycles. The van der Waals surface area contributed by atoms with Crippen molar-refractivity contribution in [3.63, 3.8) is 0 Å². The second-order valence-corrected chi connectivity index (χ2v) is 8.41. The largest absolute Gasteiger partial charge is 0.496 e. The van der Waals surface area contributed by atoms with Crippen molar-refractivity contribution in [3.05, 3.63) is 23.8 Å². The van der Waals surface area contributed by atoms with E-state index >= 15 is 0 Å². The molecular formula is C20H32BNO4. The van der Waals surface area contributed by atoms with Crippen molar-refractivity contribution in [3.8, 4) is 5.75 Å². The van der Waals surface area contributed by atoms with Gasteiger partial charge in [-0.15, -0.1) is 0 Å². The summed E-state index contributed by atoms with van der Waals surface area (Å²) >= 11 is 0. The van der Waals surface area contributed by atoms with Crippen LogP contribution in [0.15, 0.2) is 18.2 Å². The maximum Gasteiger partial charge on any atom is 0.495 e. The van der Waals surface area contributed by atoms with E-state index in [1.165, 1.54) is 0 Å². The lowest BCUT2D eigenvalue weighted by Gasteiger charge is -2.32. The number of hydrogen-bond acceptors (Lipinski definition) is 4. The predicted molar refractivity (Wildman–Crippen MR) is 105 cm³/mol. The summed E-state index contributed by atoms with van der Waals surface area (Å²) < 4.78 is 17.9. The fourth-order valence-electron chi connectivity index (χ4n) is 3.31. The van der Waals surface area contributed by atoms with E-state index in [4.69, 9.17) is 14.0 Å². The Balaban J connectivity index is 2.55. The van der Waals surface area contributed by atoms with Gasteiger partial charge in [0.05, 0.1) is 23.9 Å². The fourth-order valence-corrected chi connectivity index (χ4v) is 3.31. The van der Waals surface area contributed by atoms with Crippen LogP contribution in [0.4, 0.5) is 0 Å². The second-order valence-electron chi connectivity index (χ2n) is 8.41. The highest BCUT2D eigenvalue weighted by atomic mass is 16.7. The zero-order valence-electron chi connectivity index (χ0n) is 17.5. The molecule has 1 saturated heterocycles. The molecule has 0 bridgehead atoms. The monoisotopic (exact) mass is 361 g/mol. The summed E-state index contributed by atoms with van der Waals surface area (Å²) in [7, 11) is 0.963. The molecule has 1 aliphatic rings. The van der Waals surface area contributed by atoms with E-state index in [0.29, 0.717) is 16.8 Å². The van der Waals surface area contributed by atoms with Crippen molar-refractivity contribution >= 4 is 18.5 Å². The molecule has 1 heterocycles. The van der Waals surface area contributed by atoms with Crippen LogP contribution in [0, 0.1) is 0 Å². The molecule has 0 saturated carbocycles. The third kappa shape index (κ3) is 3.62. The first kappa shape index (κ1) is 20.8. The van der Waals surface area contributed by atoms with Gasteiger partial charge in [0.25, 0.3) is 5.91 Å². The number of carbonyl (C=O) groups is 1. The first-order valence-electron chi connectivity index (χ1n) is 9.28. The Labute approximate surface area is 158 Å². The maximum absolute atomic E-state index is 13.4. The predicted octanol–water partition coefficient (Wildman–Crippen LogP) is 3.25. The molecule has 1 fully saturated rings. The highest BCUT2D eigenvalue weighted by molar-refractivity contribution is 6.63. The first-order chi connectivity index (χ1) is 11.9. The quantitative estimate of drug-likeness (QED) is 0.756. The smallest absolute Gasteiger partial charge is 0.495 e.